The van der Waals surface area contributed by atoms with E-state index in [1.165, 1.54) is 0 Å². The fourth-order valence-electron chi connectivity index (χ4n) is 8.54. The fourth-order valence-corrected chi connectivity index (χ4v) is 8.54. The second-order valence-corrected chi connectivity index (χ2v) is 15.1. The highest BCUT2D eigenvalue weighted by molar-refractivity contribution is 5.78. The highest BCUT2D eigenvalue weighted by atomic mass is 16.5. The van der Waals surface area contributed by atoms with Crippen LogP contribution in [0.25, 0.3) is 67.8 Å². The number of para-hydroxylation sites is 2. The van der Waals surface area contributed by atoms with Gasteiger partial charge in [0.05, 0.1) is 16.8 Å². The van der Waals surface area contributed by atoms with Crippen molar-refractivity contribution in [2.45, 2.75) is 5.41 Å². The molecule has 1 aliphatic rings. The summed E-state index contributed by atoms with van der Waals surface area (Å²) in [5.74, 6) is 3.48. The zero-order chi connectivity index (χ0) is 41.3. The van der Waals surface area contributed by atoms with Gasteiger partial charge in [-0.2, -0.15) is 0 Å². The van der Waals surface area contributed by atoms with E-state index in [0.29, 0.717) is 17.5 Å². The molecule has 10 aromatic rings. The van der Waals surface area contributed by atoms with Crippen LogP contribution in [-0.2, 0) is 5.41 Å². The molecule has 0 saturated carbocycles. The standard InChI is InChI=1S/C55H36N6O/c1-3-11-40(12-4-1)52-59-53(41-13-5-2-6-14-41)61-54(60-52)42-21-25-45(26-22-42)55(46-15-7-9-17-50(46)62-51-18-10-8-16-47(51)55)44-23-19-37(20-24-44)43-35-48(38-27-31-56-32-28-38)58-49(36-43)39-29-33-57-34-30-39/h1-36H. The van der Waals surface area contributed by atoms with Crippen molar-refractivity contribution in [3.63, 3.8) is 0 Å². The molecule has 0 amide bonds. The van der Waals surface area contributed by atoms with Crippen LogP contribution in [0.1, 0.15) is 22.3 Å². The van der Waals surface area contributed by atoms with Crippen LogP contribution >= 0.6 is 0 Å². The third-order valence-electron chi connectivity index (χ3n) is 11.5. The fraction of sp³-hybridized carbons (Fsp3) is 0.0182. The Kier molecular flexibility index (Phi) is 9.24. The van der Waals surface area contributed by atoms with Gasteiger partial charge in [0.25, 0.3) is 0 Å². The first-order valence-electron chi connectivity index (χ1n) is 20.5. The Hall–Kier alpha value is -8.42. The van der Waals surface area contributed by atoms with E-state index >= 15 is 0 Å². The first kappa shape index (κ1) is 36.6. The number of ether oxygens (including phenoxy) is 1. The van der Waals surface area contributed by atoms with Crippen LogP contribution in [0.4, 0.5) is 0 Å². The second kappa shape index (κ2) is 15.6. The molecule has 0 unspecified atom stereocenters. The van der Waals surface area contributed by atoms with Gasteiger partial charge in [-0.15, -0.1) is 0 Å². The summed E-state index contributed by atoms with van der Waals surface area (Å²) in [5.41, 5.74) is 12.2. The van der Waals surface area contributed by atoms with Crippen LogP contribution in [0.2, 0.25) is 0 Å². The molecule has 11 rings (SSSR count). The first-order valence-corrected chi connectivity index (χ1v) is 20.5. The number of fused-ring (bicyclic) bond motifs is 2. The predicted octanol–water partition coefficient (Wildman–Crippen LogP) is 12.5. The molecule has 0 bridgehead atoms. The lowest BCUT2D eigenvalue weighted by atomic mass is 9.63. The van der Waals surface area contributed by atoms with E-state index in [0.717, 1.165) is 84.1 Å². The Bertz CT molecular complexity index is 2850. The highest BCUT2D eigenvalue weighted by Crippen LogP contribution is 2.55. The lowest BCUT2D eigenvalue weighted by molar-refractivity contribution is 0.434. The molecule has 1 aliphatic heterocycles. The molecule has 6 aromatic carbocycles. The quantitative estimate of drug-likeness (QED) is 0.151. The average molecular weight is 797 g/mol. The van der Waals surface area contributed by atoms with Gasteiger partial charge in [0, 0.05) is 63.7 Å². The molecule has 0 radical (unpaired) electrons. The number of rotatable bonds is 8. The Morgan fingerprint density at radius 3 is 1.15 bits per heavy atom. The van der Waals surface area contributed by atoms with Crippen molar-refractivity contribution in [1.29, 1.82) is 0 Å². The van der Waals surface area contributed by atoms with Crippen molar-refractivity contribution in [1.82, 2.24) is 29.9 Å². The number of benzene rings is 6. The number of aromatic nitrogens is 6. The van der Waals surface area contributed by atoms with Crippen LogP contribution in [0.15, 0.2) is 219 Å². The largest absolute Gasteiger partial charge is 0.457 e. The van der Waals surface area contributed by atoms with Gasteiger partial charge in [0.15, 0.2) is 17.5 Å². The van der Waals surface area contributed by atoms with Crippen LogP contribution in [0.5, 0.6) is 11.5 Å². The maximum Gasteiger partial charge on any atom is 0.164 e. The van der Waals surface area contributed by atoms with Gasteiger partial charge in [0.2, 0.25) is 0 Å². The van der Waals surface area contributed by atoms with Crippen LogP contribution in [0.3, 0.4) is 0 Å². The van der Waals surface area contributed by atoms with Gasteiger partial charge >= 0.3 is 0 Å². The van der Waals surface area contributed by atoms with Crippen LogP contribution in [-0.4, -0.2) is 29.9 Å². The molecule has 0 fully saturated rings. The molecular formula is C55H36N6O. The van der Waals surface area contributed by atoms with Gasteiger partial charge in [-0.3, -0.25) is 9.97 Å². The van der Waals surface area contributed by atoms with E-state index in [-0.39, 0.29) is 0 Å². The van der Waals surface area contributed by atoms with E-state index in [9.17, 15) is 0 Å². The minimum atomic E-state index is -0.728. The molecule has 4 aromatic heterocycles. The number of nitrogens with zero attached hydrogens (tertiary/aromatic N) is 6. The molecule has 0 aliphatic carbocycles. The third kappa shape index (κ3) is 6.58. The number of hydrogen-bond acceptors (Lipinski definition) is 7. The topological polar surface area (TPSA) is 86.6 Å². The Morgan fingerprint density at radius 1 is 0.306 bits per heavy atom. The second-order valence-electron chi connectivity index (χ2n) is 15.1. The molecule has 0 saturated heterocycles. The van der Waals surface area contributed by atoms with Crippen molar-refractivity contribution in [2.75, 3.05) is 0 Å². The van der Waals surface area contributed by atoms with Gasteiger partial charge in [-0.1, -0.05) is 146 Å². The summed E-state index contributed by atoms with van der Waals surface area (Å²) in [7, 11) is 0. The van der Waals surface area contributed by atoms with E-state index in [1.54, 1.807) is 24.8 Å². The Morgan fingerprint density at radius 2 is 0.694 bits per heavy atom. The van der Waals surface area contributed by atoms with E-state index in [4.69, 9.17) is 24.7 Å². The van der Waals surface area contributed by atoms with E-state index < -0.39 is 5.41 Å². The smallest absolute Gasteiger partial charge is 0.164 e. The molecule has 7 nitrogen and oxygen atoms in total. The molecule has 0 N–H and O–H groups in total. The maximum absolute atomic E-state index is 6.64. The van der Waals surface area contributed by atoms with Crippen molar-refractivity contribution < 1.29 is 4.74 Å². The van der Waals surface area contributed by atoms with Crippen molar-refractivity contribution in [2.24, 2.45) is 0 Å². The first-order chi connectivity index (χ1) is 30.7. The van der Waals surface area contributed by atoms with Crippen molar-refractivity contribution in [3.05, 3.63) is 241 Å². The van der Waals surface area contributed by atoms with E-state index in [1.807, 2.05) is 97.1 Å². The molecule has 292 valence electrons. The Labute approximate surface area is 359 Å². The summed E-state index contributed by atoms with van der Waals surface area (Å²) in [6.07, 6.45) is 7.20. The normalized spacial score (nSPS) is 12.5. The van der Waals surface area contributed by atoms with Gasteiger partial charge < -0.3 is 4.74 Å². The van der Waals surface area contributed by atoms with Crippen LogP contribution < -0.4 is 4.74 Å². The summed E-state index contributed by atoms with van der Waals surface area (Å²) in [6.45, 7) is 0. The number of pyridine rings is 3. The summed E-state index contributed by atoms with van der Waals surface area (Å²) in [4.78, 5) is 28.5. The van der Waals surface area contributed by atoms with Crippen molar-refractivity contribution >= 4 is 0 Å². The highest BCUT2D eigenvalue weighted by Gasteiger charge is 2.45. The van der Waals surface area contributed by atoms with Gasteiger partial charge in [-0.05, 0) is 70.8 Å². The minimum Gasteiger partial charge on any atom is -0.457 e. The summed E-state index contributed by atoms with van der Waals surface area (Å²) in [5, 5.41) is 0. The molecule has 0 spiro atoms. The molecule has 62 heavy (non-hydrogen) atoms. The summed E-state index contributed by atoms with van der Waals surface area (Å²) < 4.78 is 6.64. The zero-order valence-corrected chi connectivity index (χ0v) is 33.4. The van der Waals surface area contributed by atoms with E-state index in [2.05, 4.69) is 107 Å². The lowest BCUT2D eigenvalue weighted by Crippen LogP contribution is -2.34. The maximum atomic E-state index is 6.64. The monoisotopic (exact) mass is 796 g/mol. The van der Waals surface area contributed by atoms with Crippen LogP contribution in [0, 0.1) is 0 Å². The molecule has 5 heterocycles. The summed E-state index contributed by atoms with van der Waals surface area (Å²) >= 11 is 0. The van der Waals surface area contributed by atoms with Gasteiger partial charge in [0.1, 0.15) is 11.5 Å². The Balaban J connectivity index is 1.06. The SMILES string of the molecule is c1ccc(-c2nc(-c3ccccc3)nc(-c3ccc(C4(c5ccc(-c6cc(-c7ccncc7)nc(-c7ccncc7)c6)cc5)c5ccccc5Oc5ccccc54)cc3)n2)cc1. The van der Waals surface area contributed by atoms with Gasteiger partial charge in [-0.25, -0.2) is 19.9 Å². The molecular weight excluding hydrogens is 761 g/mol. The minimum absolute atomic E-state index is 0.602. The molecule has 0 atom stereocenters. The third-order valence-corrected chi connectivity index (χ3v) is 11.5. The number of hydrogen-bond donors (Lipinski definition) is 0. The van der Waals surface area contributed by atoms with Crippen molar-refractivity contribution in [3.8, 4) is 79.3 Å². The molecule has 7 heteroatoms. The lowest BCUT2D eigenvalue weighted by Gasteiger charge is -2.41. The zero-order valence-electron chi connectivity index (χ0n) is 33.4. The summed E-state index contributed by atoms with van der Waals surface area (Å²) in [6, 6.07) is 66.7. The average Bonchev–Trinajstić information content (AvgIpc) is 3.36. The predicted molar refractivity (Wildman–Crippen MR) is 244 cm³/mol.